The maximum atomic E-state index is 8.00. The molecule has 0 fully saturated rings. The van der Waals surface area contributed by atoms with Gasteiger partial charge in [-0.3, -0.25) is 0 Å². The lowest BCUT2D eigenvalue weighted by Gasteiger charge is -1.90. The minimum absolute atomic E-state index is 0.417. The van der Waals surface area contributed by atoms with Gasteiger partial charge in [0.25, 0.3) is 0 Å². The topological polar surface area (TPSA) is 57.5 Å². The van der Waals surface area contributed by atoms with Gasteiger partial charge in [0.1, 0.15) is 6.79 Å². The van der Waals surface area contributed by atoms with Crippen LogP contribution in [0.3, 0.4) is 0 Å². The number of rotatable bonds is 1. The Balaban J connectivity index is 0. The maximum Gasteiger partial charge on any atom is 0.151 e. The second-order valence-electron chi connectivity index (χ2n) is 0.889. The Kier molecular flexibility index (Phi) is 12.8. The minimum atomic E-state index is -1.12. The molecule has 0 spiro atoms. The summed E-state index contributed by atoms with van der Waals surface area (Å²) in [5, 5.41) is 15.8. The molecular weight excluding hydrogens is 96.0 g/mol. The molecule has 3 nitrogen and oxygen atoms in total. The van der Waals surface area contributed by atoms with E-state index in [0.29, 0.717) is 6.42 Å². The van der Waals surface area contributed by atoms with Gasteiger partial charge in [-0.25, -0.2) is 0 Å². The van der Waals surface area contributed by atoms with Gasteiger partial charge in [-0.05, 0) is 6.42 Å². The normalized spacial score (nSPS) is 7.43. The van der Waals surface area contributed by atoms with E-state index < -0.39 is 6.29 Å². The Morgan fingerprint density at radius 3 is 1.71 bits per heavy atom. The molecule has 2 N–H and O–H groups in total. The third-order valence-corrected chi connectivity index (χ3v) is 0.365. The van der Waals surface area contributed by atoms with Gasteiger partial charge >= 0.3 is 0 Å². The van der Waals surface area contributed by atoms with Gasteiger partial charge in [-0.2, -0.15) is 0 Å². The van der Waals surface area contributed by atoms with Crippen LogP contribution in [0.1, 0.15) is 13.3 Å². The number of aliphatic hydroxyl groups is 2. The zero-order valence-corrected chi connectivity index (χ0v) is 4.29. The van der Waals surface area contributed by atoms with Crippen molar-refractivity contribution in [1.82, 2.24) is 0 Å². The molecular formula is C4H10O3. The van der Waals surface area contributed by atoms with E-state index in [4.69, 9.17) is 15.0 Å². The van der Waals surface area contributed by atoms with E-state index in [1.807, 2.05) is 6.79 Å². The second-order valence-corrected chi connectivity index (χ2v) is 0.889. The fourth-order valence-electron chi connectivity index (χ4n) is 0. The highest BCUT2D eigenvalue weighted by atomic mass is 16.5. The van der Waals surface area contributed by atoms with Gasteiger partial charge in [0.05, 0.1) is 0 Å². The quantitative estimate of drug-likeness (QED) is 0.444. The van der Waals surface area contributed by atoms with Gasteiger partial charge in [-0.1, -0.05) is 6.92 Å². The van der Waals surface area contributed by atoms with Crippen molar-refractivity contribution in [3.05, 3.63) is 0 Å². The van der Waals surface area contributed by atoms with E-state index in [1.54, 1.807) is 6.92 Å². The van der Waals surface area contributed by atoms with E-state index in [-0.39, 0.29) is 0 Å². The number of carbonyl (C=O) groups is 1. The monoisotopic (exact) mass is 106 g/mol. The highest BCUT2D eigenvalue weighted by molar-refractivity contribution is 5.10. The standard InChI is InChI=1S/C3H8O2.CH2O/c1-2-3(4)5;1-2/h3-5H,2H2,1H3;1H2. The Morgan fingerprint density at radius 2 is 1.71 bits per heavy atom. The van der Waals surface area contributed by atoms with Gasteiger partial charge in [0, 0.05) is 0 Å². The molecule has 0 saturated carbocycles. The molecule has 0 heterocycles. The Hall–Kier alpha value is -0.410. The summed E-state index contributed by atoms with van der Waals surface area (Å²) in [7, 11) is 0. The highest BCUT2D eigenvalue weighted by Gasteiger charge is 1.83. The first-order valence-corrected chi connectivity index (χ1v) is 1.92. The van der Waals surface area contributed by atoms with E-state index in [9.17, 15) is 0 Å². The van der Waals surface area contributed by atoms with Crippen molar-refractivity contribution in [2.75, 3.05) is 0 Å². The van der Waals surface area contributed by atoms with Crippen molar-refractivity contribution in [2.45, 2.75) is 19.6 Å². The molecule has 0 atom stereocenters. The first-order chi connectivity index (χ1) is 3.27. The summed E-state index contributed by atoms with van der Waals surface area (Å²) in [6.45, 7) is 3.70. The number of aliphatic hydroxyl groups excluding tert-OH is 1. The lowest BCUT2D eigenvalue weighted by Crippen LogP contribution is -1.99. The van der Waals surface area contributed by atoms with Crippen LogP contribution in [0.25, 0.3) is 0 Å². The van der Waals surface area contributed by atoms with Crippen molar-refractivity contribution in [2.24, 2.45) is 0 Å². The summed E-state index contributed by atoms with van der Waals surface area (Å²) in [5.41, 5.74) is 0. The fourth-order valence-corrected chi connectivity index (χ4v) is 0. The number of hydrogen-bond acceptors (Lipinski definition) is 3. The smallest absolute Gasteiger partial charge is 0.151 e. The van der Waals surface area contributed by atoms with Crippen LogP contribution in [0.2, 0.25) is 0 Å². The Labute approximate surface area is 42.6 Å². The van der Waals surface area contributed by atoms with Crippen LogP contribution in [0, 0.1) is 0 Å². The van der Waals surface area contributed by atoms with Crippen LogP contribution < -0.4 is 0 Å². The summed E-state index contributed by atoms with van der Waals surface area (Å²) in [4.78, 5) is 8.00. The van der Waals surface area contributed by atoms with Crippen molar-refractivity contribution >= 4 is 6.79 Å². The lowest BCUT2D eigenvalue weighted by atomic mass is 10.5. The Morgan fingerprint density at radius 1 is 1.57 bits per heavy atom. The molecule has 0 aromatic heterocycles. The zero-order chi connectivity index (χ0) is 6.28. The fraction of sp³-hybridized carbons (Fsp3) is 0.750. The van der Waals surface area contributed by atoms with Crippen molar-refractivity contribution in [3.63, 3.8) is 0 Å². The summed E-state index contributed by atoms with van der Waals surface area (Å²) < 4.78 is 0. The van der Waals surface area contributed by atoms with E-state index in [2.05, 4.69) is 0 Å². The molecule has 0 bridgehead atoms. The van der Waals surface area contributed by atoms with Crippen molar-refractivity contribution in [3.8, 4) is 0 Å². The summed E-state index contributed by atoms with van der Waals surface area (Å²) >= 11 is 0. The molecule has 0 aliphatic heterocycles. The van der Waals surface area contributed by atoms with Crippen molar-refractivity contribution < 1.29 is 15.0 Å². The van der Waals surface area contributed by atoms with Crippen LogP contribution in [0.4, 0.5) is 0 Å². The van der Waals surface area contributed by atoms with Gasteiger partial charge < -0.3 is 15.0 Å². The SMILES string of the molecule is C=O.CCC(O)O. The third kappa shape index (κ3) is 28.5. The van der Waals surface area contributed by atoms with Crippen LogP contribution in [-0.4, -0.2) is 23.3 Å². The van der Waals surface area contributed by atoms with Crippen LogP contribution in [0.15, 0.2) is 0 Å². The predicted octanol–water partition coefficient (Wildman–Crippen LogP) is -0.478. The molecule has 0 aromatic rings. The summed E-state index contributed by atoms with van der Waals surface area (Å²) in [6, 6.07) is 0. The Bertz CT molecular complexity index is 28.1. The van der Waals surface area contributed by atoms with Gasteiger partial charge in [0.2, 0.25) is 0 Å². The molecule has 0 aromatic carbocycles. The molecule has 0 saturated heterocycles. The molecule has 0 amide bonds. The number of carbonyl (C=O) groups excluding carboxylic acids is 1. The first-order valence-electron chi connectivity index (χ1n) is 1.92. The van der Waals surface area contributed by atoms with E-state index >= 15 is 0 Å². The van der Waals surface area contributed by atoms with Crippen molar-refractivity contribution in [1.29, 1.82) is 0 Å². The van der Waals surface area contributed by atoms with E-state index in [1.165, 1.54) is 0 Å². The van der Waals surface area contributed by atoms with Crippen LogP contribution in [0.5, 0.6) is 0 Å². The largest absolute Gasteiger partial charge is 0.368 e. The van der Waals surface area contributed by atoms with E-state index in [0.717, 1.165) is 0 Å². The zero-order valence-electron chi connectivity index (χ0n) is 4.29. The molecule has 0 radical (unpaired) electrons. The summed E-state index contributed by atoms with van der Waals surface area (Å²) in [6.07, 6.45) is -0.699. The van der Waals surface area contributed by atoms with Crippen LogP contribution in [-0.2, 0) is 4.79 Å². The molecule has 0 unspecified atom stereocenters. The molecule has 0 rings (SSSR count). The molecule has 3 heteroatoms. The molecule has 0 aliphatic rings. The first kappa shape index (κ1) is 9.77. The molecule has 0 aliphatic carbocycles. The predicted molar refractivity (Wildman–Crippen MR) is 25.6 cm³/mol. The van der Waals surface area contributed by atoms with Crippen LogP contribution >= 0.6 is 0 Å². The summed E-state index contributed by atoms with van der Waals surface area (Å²) in [5.74, 6) is 0. The molecule has 44 valence electrons. The molecule has 7 heavy (non-hydrogen) atoms. The average Bonchev–Trinajstić information content (AvgIpc) is 1.73. The van der Waals surface area contributed by atoms with Gasteiger partial charge in [0.15, 0.2) is 6.29 Å². The maximum absolute atomic E-state index is 8.00. The second kappa shape index (κ2) is 9.14. The van der Waals surface area contributed by atoms with Gasteiger partial charge in [-0.15, -0.1) is 0 Å². The lowest BCUT2D eigenvalue weighted by molar-refractivity contribution is -0.0980. The average molecular weight is 106 g/mol. The number of hydrogen-bond donors (Lipinski definition) is 2. The minimum Gasteiger partial charge on any atom is -0.368 e. The highest BCUT2D eigenvalue weighted by Crippen LogP contribution is 1.77. The third-order valence-electron chi connectivity index (χ3n) is 0.365.